The summed E-state index contributed by atoms with van der Waals surface area (Å²) in [5.41, 5.74) is 7.19. The number of ether oxygens (including phenoxy) is 1. The molecule has 0 saturated carbocycles. The Hall–Kier alpha value is -1.39. The van der Waals surface area contributed by atoms with E-state index in [1.54, 1.807) is 4.90 Å². The van der Waals surface area contributed by atoms with Gasteiger partial charge in [-0.2, -0.15) is 0 Å². The van der Waals surface area contributed by atoms with Gasteiger partial charge in [0.15, 0.2) is 0 Å². The highest BCUT2D eigenvalue weighted by molar-refractivity contribution is 5.94. The van der Waals surface area contributed by atoms with Crippen LogP contribution in [-0.2, 0) is 16.1 Å². The maximum atomic E-state index is 12.2. The molecule has 0 saturated heterocycles. The number of nitrogens with two attached hydrogens (primary N) is 1. The summed E-state index contributed by atoms with van der Waals surface area (Å²) in [6.45, 7) is 8.98. The number of amides is 1. The fraction of sp³-hybridized carbons (Fsp3) is 0.533. The van der Waals surface area contributed by atoms with Crippen LogP contribution in [0.4, 0.5) is 5.69 Å². The van der Waals surface area contributed by atoms with E-state index in [1.165, 1.54) is 0 Å². The molecule has 0 bridgehead atoms. The predicted octanol–water partition coefficient (Wildman–Crippen LogP) is 2.31. The van der Waals surface area contributed by atoms with Crippen LogP contribution in [0.1, 0.15) is 33.3 Å². The van der Waals surface area contributed by atoms with E-state index in [4.69, 9.17) is 10.5 Å². The minimum atomic E-state index is -0.307. The second-order valence-electron chi connectivity index (χ2n) is 5.41. The van der Waals surface area contributed by atoms with E-state index >= 15 is 0 Å². The van der Waals surface area contributed by atoms with Crippen LogP contribution < -0.4 is 10.6 Å². The van der Waals surface area contributed by atoms with Gasteiger partial charge in [0, 0.05) is 18.8 Å². The highest BCUT2D eigenvalue weighted by atomic mass is 16.5. The first-order chi connectivity index (χ1) is 8.87. The molecule has 1 rings (SSSR count). The molecule has 0 heterocycles. The van der Waals surface area contributed by atoms with E-state index in [9.17, 15) is 4.79 Å². The topological polar surface area (TPSA) is 55.6 Å². The molecular formula is C15H24N2O2. The van der Waals surface area contributed by atoms with Crippen molar-refractivity contribution in [1.82, 2.24) is 0 Å². The molecule has 0 unspecified atom stereocenters. The van der Waals surface area contributed by atoms with Crippen molar-refractivity contribution in [2.45, 2.75) is 39.8 Å². The molecule has 0 aliphatic heterocycles. The minimum Gasteiger partial charge on any atom is -0.366 e. The first-order valence-electron chi connectivity index (χ1n) is 6.60. The summed E-state index contributed by atoms with van der Waals surface area (Å²) in [5, 5.41) is 0. The number of carbonyl (C=O) groups excluding carboxylic acids is 1. The van der Waals surface area contributed by atoms with Crippen molar-refractivity contribution in [2.24, 2.45) is 5.73 Å². The van der Waals surface area contributed by atoms with E-state index in [2.05, 4.69) is 0 Å². The predicted molar refractivity (Wildman–Crippen MR) is 78.1 cm³/mol. The Bertz CT molecular complexity index is 407. The van der Waals surface area contributed by atoms with Crippen LogP contribution >= 0.6 is 0 Å². The van der Waals surface area contributed by atoms with Crippen molar-refractivity contribution in [1.29, 1.82) is 0 Å². The Balaban J connectivity index is 2.73. The summed E-state index contributed by atoms with van der Waals surface area (Å²) >= 11 is 0. The zero-order valence-electron chi connectivity index (χ0n) is 12.3. The number of benzene rings is 1. The molecule has 0 radical (unpaired) electrons. The molecule has 0 spiro atoms. The second kappa shape index (κ2) is 6.68. The molecule has 0 aliphatic rings. The van der Waals surface area contributed by atoms with Gasteiger partial charge in [-0.15, -0.1) is 0 Å². The van der Waals surface area contributed by atoms with Crippen molar-refractivity contribution in [3.05, 3.63) is 29.8 Å². The van der Waals surface area contributed by atoms with Crippen LogP contribution in [0.2, 0.25) is 0 Å². The zero-order valence-corrected chi connectivity index (χ0v) is 12.3. The second-order valence-corrected chi connectivity index (χ2v) is 5.41. The summed E-state index contributed by atoms with van der Waals surface area (Å²) in [7, 11) is 0. The SMILES string of the molecule is CCN(C(=O)COC(C)(C)C)c1ccc(CN)cc1. The molecule has 19 heavy (non-hydrogen) atoms. The lowest BCUT2D eigenvalue weighted by atomic mass is 10.2. The third-order valence-electron chi connectivity index (χ3n) is 2.73. The van der Waals surface area contributed by atoms with Gasteiger partial charge in [0.2, 0.25) is 0 Å². The Morgan fingerprint density at radius 3 is 2.26 bits per heavy atom. The third kappa shape index (κ3) is 5.01. The quantitative estimate of drug-likeness (QED) is 0.888. The van der Waals surface area contributed by atoms with Gasteiger partial charge in [-0.3, -0.25) is 4.79 Å². The van der Waals surface area contributed by atoms with Crippen molar-refractivity contribution in [3.63, 3.8) is 0 Å². The van der Waals surface area contributed by atoms with Crippen LogP contribution in [0.15, 0.2) is 24.3 Å². The fourth-order valence-corrected chi connectivity index (χ4v) is 1.67. The van der Waals surface area contributed by atoms with Crippen molar-refractivity contribution in [2.75, 3.05) is 18.1 Å². The molecule has 0 aromatic heterocycles. The van der Waals surface area contributed by atoms with Gasteiger partial charge in [-0.05, 0) is 45.4 Å². The maximum Gasteiger partial charge on any atom is 0.252 e. The monoisotopic (exact) mass is 264 g/mol. The van der Waals surface area contributed by atoms with E-state index in [-0.39, 0.29) is 18.1 Å². The zero-order chi connectivity index (χ0) is 14.5. The smallest absolute Gasteiger partial charge is 0.252 e. The van der Waals surface area contributed by atoms with Crippen LogP contribution in [0.5, 0.6) is 0 Å². The minimum absolute atomic E-state index is 0.0297. The van der Waals surface area contributed by atoms with Crippen molar-refractivity contribution >= 4 is 11.6 Å². The molecule has 2 N–H and O–H groups in total. The summed E-state index contributed by atoms with van der Waals surface area (Å²) in [6.07, 6.45) is 0. The Kier molecular flexibility index (Phi) is 5.51. The lowest BCUT2D eigenvalue weighted by Crippen LogP contribution is -2.36. The standard InChI is InChI=1S/C15H24N2O2/c1-5-17(14(18)11-19-15(2,3)4)13-8-6-12(10-16)7-9-13/h6-9H,5,10-11,16H2,1-4H3. The summed E-state index contributed by atoms with van der Waals surface area (Å²) in [6, 6.07) is 7.72. The summed E-state index contributed by atoms with van der Waals surface area (Å²) < 4.78 is 5.53. The van der Waals surface area contributed by atoms with Gasteiger partial charge in [-0.25, -0.2) is 0 Å². The summed E-state index contributed by atoms with van der Waals surface area (Å²) in [5.74, 6) is -0.0297. The third-order valence-corrected chi connectivity index (χ3v) is 2.73. The number of carbonyl (C=O) groups is 1. The van der Waals surface area contributed by atoms with E-state index in [0.717, 1.165) is 11.3 Å². The highest BCUT2D eigenvalue weighted by Gasteiger charge is 2.18. The number of hydrogen-bond acceptors (Lipinski definition) is 3. The average Bonchev–Trinajstić information content (AvgIpc) is 2.37. The van der Waals surface area contributed by atoms with Gasteiger partial charge < -0.3 is 15.4 Å². The molecule has 0 fully saturated rings. The molecular weight excluding hydrogens is 240 g/mol. The molecule has 1 amide bonds. The van der Waals surface area contributed by atoms with Crippen LogP contribution in [0, 0.1) is 0 Å². The van der Waals surface area contributed by atoms with Crippen LogP contribution in [0.3, 0.4) is 0 Å². The number of hydrogen-bond donors (Lipinski definition) is 1. The highest BCUT2D eigenvalue weighted by Crippen LogP contribution is 2.16. The first-order valence-corrected chi connectivity index (χ1v) is 6.60. The van der Waals surface area contributed by atoms with Gasteiger partial charge >= 0.3 is 0 Å². The normalized spacial score (nSPS) is 11.4. The van der Waals surface area contributed by atoms with Crippen LogP contribution in [0.25, 0.3) is 0 Å². The molecule has 1 aromatic rings. The average molecular weight is 264 g/mol. The number of rotatable bonds is 5. The Morgan fingerprint density at radius 1 is 1.26 bits per heavy atom. The largest absolute Gasteiger partial charge is 0.366 e. The Labute approximate surface area is 115 Å². The lowest BCUT2D eigenvalue weighted by molar-refractivity contribution is -0.127. The van der Waals surface area contributed by atoms with Gasteiger partial charge in [-0.1, -0.05) is 12.1 Å². The van der Waals surface area contributed by atoms with Gasteiger partial charge in [0.25, 0.3) is 5.91 Å². The van der Waals surface area contributed by atoms with Crippen LogP contribution in [-0.4, -0.2) is 24.7 Å². The van der Waals surface area contributed by atoms with E-state index in [0.29, 0.717) is 13.1 Å². The molecule has 4 nitrogen and oxygen atoms in total. The maximum absolute atomic E-state index is 12.2. The van der Waals surface area contributed by atoms with E-state index in [1.807, 2.05) is 52.0 Å². The molecule has 4 heteroatoms. The first kappa shape index (κ1) is 15.7. The van der Waals surface area contributed by atoms with Crippen molar-refractivity contribution < 1.29 is 9.53 Å². The number of likely N-dealkylation sites (N-methyl/N-ethyl adjacent to an activating group) is 1. The molecule has 0 atom stereocenters. The number of nitrogens with zero attached hydrogens (tertiary/aromatic N) is 1. The van der Waals surface area contributed by atoms with E-state index < -0.39 is 0 Å². The lowest BCUT2D eigenvalue weighted by Gasteiger charge is -2.24. The fourth-order valence-electron chi connectivity index (χ4n) is 1.67. The molecule has 106 valence electrons. The summed E-state index contributed by atoms with van der Waals surface area (Å²) in [4.78, 5) is 13.9. The Morgan fingerprint density at radius 2 is 1.84 bits per heavy atom. The van der Waals surface area contributed by atoms with Gasteiger partial charge in [0.1, 0.15) is 6.61 Å². The molecule has 0 aliphatic carbocycles. The van der Waals surface area contributed by atoms with Gasteiger partial charge in [0.05, 0.1) is 5.60 Å². The number of anilines is 1. The van der Waals surface area contributed by atoms with Crippen molar-refractivity contribution in [3.8, 4) is 0 Å². The molecule has 1 aromatic carbocycles.